The van der Waals surface area contributed by atoms with E-state index in [-0.39, 0.29) is 11.5 Å². The van der Waals surface area contributed by atoms with E-state index in [1.54, 1.807) is 36.4 Å². The number of nitrogens with one attached hydrogen (secondary N) is 1. The van der Waals surface area contributed by atoms with Crippen molar-refractivity contribution in [2.24, 2.45) is 0 Å². The molecular weight excluding hydrogens is 403 g/mol. The number of benzene rings is 2. The third-order valence-corrected chi connectivity index (χ3v) is 4.77. The summed E-state index contributed by atoms with van der Waals surface area (Å²) in [5.74, 6) is -1.19. The summed E-state index contributed by atoms with van der Waals surface area (Å²) in [4.78, 5) is 38.0. The number of hydrogen-bond donors (Lipinski definition) is 1. The van der Waals surface area contributed by atoms with E-state index in [0.29, 0.717) is 41.7 Å². The van der Waals surface area contributed by atoms with E-state index in [9.17, 15) is 14.4 Å². The van der Waals surface area contributed by atoms with Crippen LogP contribution in [0.15, 0.2) is 42.5 Å². The van der Waals surface area contributed by atoms with Crippen LogP contribution in [0.3, 0.4) is 0 Å². The van der Waals surface area contributed by atoms with E-state index in [2.05, 4.69) is 5.32 Å². The van der Waals surface area contributed by atoms with Gasteiger partial charge in [-0.2, -0.15) is 0 Å². The number of esters is 1. The minimum atomic E-state index is -0.687. The number of carbonyl (C=O) groups is 3. The van der Waals surface area contributed by atoms with Crippen LogP contribution < -0.4 is 10.2 Å². The molecule has 0 unspecified atom stereocenters. The molecule has 6 nitrogen and oxygen atoms in total. The zero-order chi connectivity index (χ0) is 20.1. The minimum absolute atomic E-state index is 0.0722. The molecule has 1 fully saturated rings. The maximum Gasteiger partial charge on any atom is 0.340 e. The fourth-order valence-corrected chi connectivity index (χ4v) is 3.16. The molecule has 0 aliphatic carbocycles. The summed E-state index contributed by atoms with van der Waals surface area (Å²) in [7, 11) is 0. The number of hydrogen-bond acceptors (Lipinski definition) is 4. The molecule has 1 heterocycles. The van der Waals surface area contributed by atoms with E-state index in [4.69, 9.17) is 27.9 Å². The lowest BCUT2D eigenvalue weighted by Gasteiger charge is -2.19. The van der Waals surface area contributed by atoms with Crippen molar-refractivity contribution in [1.29, 1.82) is 0 Å². The van der Waals surface area contributed by atoms with Crippen molar-refractivity contribution in [2.45, 2.75) is 19.4 Å². The Bertz CT molecular complexity index is 900. The molecular formula is C20H18Cl2N2O4. The van der Waals surface area contributed by atoms with Crippen LogP contribution in [0.4, 0.5) is 5.69 Å². The number of halogens is 2. The number of carbonyl (C=O) groups excluding carboxylic acids is 3. The SMILES string of the molecule is O=C(COC(=O)c1ccc(Cl)cc1N1CCCC1=O)NCc1ccc(Cl)cc1. The van der Waals surface area contributed by atoms with Crippen LogP contribution >= 0.6 is 23.2 Å². The van der Waals surface area contributed by atoms with Gasteiger partial charge in [0.25, 0.3) is 5.91 Å². The molecule has 2 aromatic carbocycles. The third-order valence-electron chi connectivity index (χ3n) is 4.28. The van der Waals surface area contributed by atoms with E-state index >= 15 is 0 Å². The predicted molar refractivity (Wildman–Crippen MR) is 107 cm³/mol. The van der Waals surface area contributed by atoms with Crippen LogP contribution in [-0.2, 0) is 20.9 Å². The Hall–Kier alpha value is -2.57. The molecule has 28 heavy (non-hydrogen) atoms. The second kappa shape index (κ2) is 9.08. The van der Waals surface area contributed by atoms with Crippen LogP contribution in [0.2, 0.25) is 10.0 Å². The minimum Gasteiger partial charge on any atom is -0.452 e. The summed E-state index contributed by atoms with van der Waals surface area (Å²) >= 11 is 11.8. The van der Waals surface area contributed by atoms with Crippen LogP contribution in [0.25, 0.3) is 0 Å². The summed E-state index contributed by atoms with van der Waals surface area (Å²) in [5, 5.41) is 3.69. The molecule has 1 aliphatic rings. The number of ether oxygens (including phenoxy) is 1. The first kappa shape index (κ1) is 20.2. The van der Waals surface area contributed by atoms with Gasteiger partial charge in [0, 0.05) is 29.6 Å². The highest BCUT2D eigenvalue weighted by molar-refractivity contribution is 6.31. The summed E-state index contributed by atoms with van der Waals surface area (Å²) in [6.45, 7) is 0.380. The summed E-state index contributed by atoms with van der Waals surface area (Å²) in [5.41, 5.74) is 1.48. The molecule has 146 valence electrons. The van der Waals surface area contributed by atoms with Crippen LogP contribution in [0.5, 0.6) is 0 Å². The molecule has 3 rings (SSSR count). The van der Waals surface area contributed by atoms with Crippen LogP contribution in [0, 0.1) is 0 Å². The Kier molecular flexibility index (Phi) is 6.54. The maximum absolute atomic E-state index is 12.5. The molecule has 1 aliphatic heterocycles. The van der Waals surface area contributed by atoms with Crippen molar-refractivity contribution in [3.05, 3.63) is 63.6 Å². The molecule has 1 N–H and O–H groups in total. The number of rotatable bonds is 6. The predicted octanol–water partition coefficient (Wildman–Crippen LogP) is 3.59. The van der Waals surface area contributed by atoms with Gasteiger partial charge in [0.15, 0.2) is 6.61 Å². The number of amides is 2. The monoisotopic (exact) mass is 420 g/mol. The number of anilines is 1. The largest absolute Gasteiger partial charge is 0.452 e. The average molecular weight is 421 g/mol. The van der Waals surface area contributed by atoms with E-state index in [1.807, 2.05) is 0 Å². The topological polar surface area (TPSA) is 75.7 Å². The third kappa shape index (κ3) is 5.03. The molecule has 0 aromatic heterocycles. The molecule has 0 saturated carbocycles. The smallest absolute Gasteiger partial charge is 0.340 e. The quantitative estimate of drug-likeness (QED) is 0.724. The van der Waals surface area contributed by atoms with Crippen molar-refractivity contribution >= 4 is 46.7 Å². The molecule has 0 bridgehead atoms. The fraction of sp³-hybridized carbons (Fsp3) is 0.250. The molecule has 2 amide bonds. The van der Waals surface area contributed by atoms with Crippen molar-refractivity contribution in [1.82, 2.24) is 5.32 Å². The molecule has 0 radical (unpaired) electrons. The Morgan fingerprint density at radius 1 is 1.07 bits per heavy atom. The first-order chi connectivity index (χ1) is 13.4. The van der Waals surface area contributed by atoms with Gasteiger partial charge >= 0.3 is 5.97 Å². The summed E-state index contributed by atoms with van der Waals surface area (Å²) < 4.78 is 5.12. The lowest BCUT2D eigenvalue weighted by atomic mass is 10.1. The van der Waals surface area contributed by atoms with Gasteiger partial charge in [-0.05, 0) is 42.3 Å². The van der Waals surface area contributed by atoms with Crippen LogP contribution in [0.1, 0.15) is 28.8 Å². The van der Waals surface area contributed by atoms with Crippen molar-refractivity contribution in [3.8, 4) is 0 Å². The van der Waals surface area contributed by atoms with Gasteiger partial charge in [0.1, 0.15) is 0 Å². The van der Waals surface area contributed by atoms with Gasteiger partial charge in [-0.25, -0.2) is 4.79 Å². The van der Waals surface area contributed by atoms with Crippen molar-refractivity contribution < 1.29 is 19.1 Å². The zero-order valence-corrected chi connectivity index (χ0v) is 16.4. The lowest BCUT2D eigenvalue weighted by Crippen LogP contribution is -2.29. The Morgan fingerprint density at radius 3 is 2.46 bits per heavy atom. The van der Waals surface area contributed by atoms with E-state index < -0.39 is 18.5 Å². The number of nitrogens with zero attached hydrogens (tertiary/aromatic N) is 1. The van der Waals surface area contributed by atoms with Gasteiger partial charge in [-0.15, -0.1) is 0 Å². The standard InChI is InChI=1S/C20H18Cl2N2O4/c21-14-5-3-13(4-6-14)11-23-18(25)12-28-20(27)16-8-7-15(22)10-17(16)24-9-1-2-19(24)26/h3-8,10H,1-2,9,11-12H2,(H,23,25). The average Bonchev–Trinajstić information content (AvgIpc) is 3.11. The van der Waals surface area contributed by atoms with Gasteiger partial charge < -0.3 is 15.0 Å². The van der Waals surface area contributed by atoms with Crippen molar-refractivity contribution in [2.75, 3.05) is 18.1 Å². The van der Waals surface area contributed by atoms with E-state index in [1.165, 1.54) is 11.0 Å². The Morgan fingerprint density at radius 2 is 1.79 bits per heavy atom. The second-order valence-electron chi connectivity index (χ2n) is 6.29. The molecule has 0 spiro atoms. The first-order valence-corrected chi connectivity index (χ1v) is 9.48. The lowest BCUT2D eigenvalue weighted by molar-refractivity contribution is -0.124. The highest BCUT2D eigenvalue weighted by Crippen LogP contribution is 2.29. The first-order valence-electron chi connectivity index (χ1n) is 8.72. The van der Waals surface area contributed by atoms with Gasteiger partial charge in [0.2, 0.25) is 5.91 Å². The summed E-state index contributed by atoms with van der Waals surface area (Å²) in [6, 6.07) is 11.6. The Labute approximate surface area is 172 Å². The van der Waals surface area contributed by atoms with E-state index in [0.717, 1.165) is 5.56 Å². The van der Waals surface area contributed by atoms with Gasteiger partial charge in [-0.3, -0.25) is 9.59 Å². The highest BCUT2D eigenvalue weighted by Gasteiger charge is 2.27. The van der Waals surface area contributed by atoms with Gasteiger partial charge in [-0.1, -0.05) is 35.3 Å². The molecule has 2 aromatic rings. The van der Waals surface area contributed by atoms with Gasteiger partial charge in [0.05, 0.1) is 11.3 Å². The van der Waals surface area contributed by atoms with Crippen molar-refractivity contribution in [3.63, 3.8) is 0 Å². The van der Waals surface area contributed by atoms with Crippen LogP contribution in [-0.4, -0.2) is 30.9 Å². The fourth-order valence-electron chi connectivity index (χ4n) is 2.87. The second-order valence-corrected chi connectivity index (χ2v) is 7.16. The zero-order valence-electron chi connectivity index (χ0n) is 14.9. The maximum atomic E-state index is 12.5. The normalized spacial score (nSPS) is 13.5. The molecule has 1 saturated heterocycles. The molecule has 0 atom stereocenters. The molecule has 8 heteroatoms. The highest BCUT2D eigenvalue weighted by atomic mass is 35.5. The summed E-state index contributed by atoms with van der Waals surface area (Å²) in [6.07, 6.45) is 1.14. The Balaban J connectivity index is 1.59.